The van der Waals surface area contributed by atoms with E-state index in [4.69, 9.17) is 26.6 Å². The highest BCUT2D eigenvalue weighted by Gasteiger charge is 2.43. The highest BCUT2D eigenvalue weighted by Crippen LogP contribution is 2.42. The van der Waals surface area contributed by atoms with Crippen LogP contribution in [0.5, 0.6) is 5.75 Å². The summed E-state index contributed by atoms with van der Waals surface area (Å²) in [7, 11) is 0. The molecule has 4 N–H and O–H groups in total. The number of benzene rings is 1. The fourth-order valence-corrected chi connectivity index (χ4v) is 5.54. The maximum atomic E-state index is 12.9. The van der Waals surface area contributed by atoms with Crippen LogP contribution in [0.4, 0.5) is 5.69 Å². The molecule has 11 heteroatoms. The van der Waals surface area contributed by atoms with E-state index in [0.717, 1.165) is 24.8 Å². The topological polar surface area (TPSA) is 145 Å². The summed E-state index contributed by atoms with van der Waals surface area (Å²) in [4.78, 5) is 46.2. The van der Waals surface area contributed by atoms with Crippen molar-refractivity contribution >= 4 is 41.0 Å². The summed E-state index contributed by atoms with van der Waals surface area (Å²) in [5.74, 6) is -2.31. The summed E-state index contributed by atoms with van der Waals surface area (Å²) in [5.41, 5.74) is 2.12. The van der Waals surface area contributed by atoms with Crippen molar-refractivity contribution in [2.24, 2.45) is 0 Å². The number of fused-ring (bicyclic) bond motifs is 2. The number of aliphatic carboxylic acids is 2. The molecule has 3 aliphatic rings. The van der Waals surface area contributed by atoms with E-state index in [9.17, 15) is 19.2 Å². The van der Waals surface area contributed by atoms with E-state index in [2.05, 4.69) is 15.5 Å². The van der Waals surface area contributed by atoms with Crippen LogP contribution in [0.15, 0.2) is 18.2 Å². The number of hydrogen-bond donors (Lipinski definition) is 4. The molecule has 0 atom stereocenters. The Balaban J connectivity index is 0.000000392. The summed E-state index contributed by atoms with van der Waals surface area (Å²) in [6.07, 6.45) is 8.65. The number of amides is 2. The number of halogens is 1. The van der Waals surface area contributed by atoms with Crippen LogP contribution in [0.25, 0.3) is 0 Å². The third-order valence-electron chi connectivity index (χ3n) is 6.75. The van der Waals surface area contributed by atoms with Crippen molar-refractivity contribution in [1.82, 2.24) is 10.2 Å². The lowest BCUT2D eigenvalue weighted by molar-refractivity contribution is -0.134. The lowest BCUT2D eigenvalue weighted by Gasteiger charge is -2.32. The number of hydrogen-bond acceptors (Lipinski definition) is 6. The Morgan fingerprint density at radius 1 is 1.11 bits per heavy atom. The summed E-state index contributed by atoms with van der Waals surface area (Å²) in [6, 6.07) is 1.61. The van der Waals surface area contributed by atoms with Crippen LogP contribution in [0.2, 0.25) is 5.02 Å². The SMILES string of the molecule is CC(=O)Nc1c(Cl)cc(C(=O)NCCC23CCCN2CCC3)c2c1CCCO2.O=C(O)/C=C/C(=O)O. The van der Waals surface area contributed by atoms with E-state index in [0.29, 0.717) is 47.3 Å². The van der Waals surface area contributed by atoms with Gasteiger partial charge in [0.05, 0.1) is 22.9 Å². The molecule has 196 valence electrons. The fourth-order valence-electron chi connectivity index (χ4n) is 5.27. The van der Waals surface area contributed by atoms with E-state index >= 15 is 0 Å². The number of ether oxygens (including phenoxy) is 1. The second-order valence-electron chi connectivity index (χ2n) is 9.16. The maximum Gasteiger partial charge on any atom is 0.328 e. The van der Waals surface area contributed by atoms with Gasteiger partial charge in [0, 0.05) is 36.7 Å². The van der Waals surface area contributed by atoms with Gasteiger partial charge in [0.15, 0.2) is 0 Å². The molecule has 0 aromatic heterocycles. The molecule has 0 spiro atoms. The van der Waals surface area contributed by atoms with Gasteiger partial charge in [0.1, 0.15) is 5.75 Å². The zero-order valence-electron chi connectivity index (χ0n) is 20.3. The highest BCUT2D eigenvalue weighted by molar-refractivity contribution is 6.34. The monoisotopic (exact) mass is 521 g/mol. The zero-order valence-corrected chi connectivity index (χ0v) is 21.0. The minimum absolute atomic E-state index is 0.159. The molecule has 10 nitrogen and oxygen atoms in total. The predicted octanol–water partition coefficient (Wildman–Crippen LogP) is 3.08. The number of carboxylic acids is 2. The first kappa shape index (κ1) is 27.5. The first-order chi connectivity index (χ1) is 17.1. The largest absolute Gasteiger partial charge is 0.492 e. The Bertz CT molecular complexity index is 1030. The van der Waals surface area contributed by atoms with E-state index in [1.54, 1.807) is 6.07 Å². The van der Waals surface area contributed by atoms with Gasteiger partial charge in [0.2, 0.25) is 5.91 Å². The molecule has 3 aliphatic heterocycles. The van der Waals surface area contributed by atoms with Gasteiger partial charge >= 0.3 is 11.9 Å². The first-order valence-electron chi connectivity index (χ1n) is 12.1. The van der Waals surface area contributed by atoms with Gasteiger partial charge in [0.25, 0.3) is 5.91 Å². The summed E-state index contributed by atoms with van der Waals surface area (Å²) >= 11 is 6.41. The molecule has 2 fully saturated rings. The third-order valence-corrected chi connectivity index (χ3v) is 7.05. The van der Waals surface area contributed by atoms with Crippen molar-refractivity contribution in [3.63, 3.8) is 0 Å². The maximum absolute atomic E-state index is 12.9. The van der Waals surface area contributed by atoms with Crippen LogP contribution in [-0.2, 0) is 20.8 Å². The van der Waals surface area contributed by atoms with E-state index < -0.39 is 11.9 Å². The molecule has 2 amide bonds. The molecule has 0 saturated carbocycles. The average molecular weight is 522 g/mol. The molecule has 0 aliphatic carbocycles. The minimum atomic E-state index is -1.26. The molecule has 0 unspecified atom stereocenters. The standard InChI is InChI=1S/C21H28ClN3O3.C4H4O4/c1-14(26)24-18-15-5-2-12-28-19(15)16(13-17(18)22)20(27)23-9-8-21-6-3-10-25(21)11-4-7-21;5-3(6)1-2-4(7)8/h13H,2-12H2,1H3,(H,23,27)(H,24,26);1-2H,(H,5,6)(H,7,8)/b;2-1+. The van der Waals surface area contributed by atoms with E-state index in [1.165, 1.54) is 45.7 Å². The number of carboxylic acid groups (broad SMARTS) is 2. The van der Waals surface area contributed by atoms with Crippen molar-refractivity contribution in [2.75, 3.05) is 31.6 Å². The summed E-state index contributed by atoms with van der Waals surface area (Å²) < 4.78 is 5.82. The molecule has 36 heavy (non-hydrogen) atoms. The molecule has 1 aromatic carbocycles. The van der Waals surface area contributed by atoms with Crippen molar-refractivity contribution < 1.29 is 34.1 Å². The Kier molecular flexibility index (Phi) is 9.33. The highest BCUT2D eigenvalue weighted by atomic mass is 35.5. The Hall–Kier alpha value is -3.11. The summed E-state index contributed by atoms with van der Waals surface area (Å²) in [6.45, 7) is 5.04. The molecule has 3 heterocycles. The van der Waals surface area contributed by atoms with Crippen LogP contribution in [0.3, 0.4) is 0 Å². The van der Waals surface area contributed by atoms with Crippen LogP contribution < -0.4 is 15.4 Å². The molecule has 0 radical (unpaired) electrons. The van der Waals surface area contributed by atoms with Gasteiger partial charge < -0.3 is 25.6 Å². The molecule has 4 rings (SSSR count). The Labute approximate surface area is 214 Å². The Morgan fingerprint density at radius 2 is 1.75 bits per heavy atom. The lowest BCUT2D eigenvalue weighted by Crippen LogP contribution is -2.41. The molecule has 1 aromatic rings. The number of carbonyl (C=O) groups is 4. The fraction of sp³-hybridized carbons (Fsp3) is 0.520. The van der Waals surface area contributed by atoms with E-state index in [1.807, 2.05) is 0 Å². The van der Waals surface area contributed by atoms with Crippen molar-refractivity contribution in [3.05, 3.63) is 34.4 Å². The first-order valence-corrected chi connectivity index (χ1v) is 12.4. The van der Waals surface area contributed by atoms with Crippen LogP contribution in [0, 0.1) is 0 Å². The normalized spacial score (nSPS) is 17.8. The smallest absolute Gasteiger partial charge is 0.328 e. The quantitative estimate of drug-likeness (QED) is 0.400. The molecular formula is C25H32ClN3O7. The molecule has 0 bridgehead atoms. The predicted molar refractivity (Wildman–Crippen MR) is 134 cm³/mol. The summed E-state index contributed by atoms with van der Waals surface area (Å²) in [5, 5.41) is 21.9. The van der Waals surface area contributed by atoms with Crippen LogP contribution in [-0.4, -0.2) is 70.6 Å². The van der Waals surface area contributed by atoms with Gasteiger partial charge in [-0.25, -0.2) is 9.59 Å². The van der Waals surface area contributed by atoms with E-state index in [-0.39, 0.29) is 17.4 Å². The Morgan fingerprint density at radius 3 is 2.33 bits per heavy atom. The van der Waals surface area contributed by atoms with Gasteiger partial charge in [-0.15, -0.1) is 0 Å². The minimum Gasteiger partial charge on any atom is -0.492 e. The van der Waals surface area contributed by atoms with Gasteiger partial charge in [-0.1, -0.05) is 11.6 Å². The van der Waals surface area contributed by atoms with Gasteiger partial charge in [-0.05, 0) is 64.1 Å². The van der Waals surface area contributed by atoms with Crippen molar-refractivity contribution in [2.45, 2.75) is 57.4 Å². The average Bonchev–Trinajstić information content (AvgIpc) is 3.40. The second kappa shape index (κ2) is 12.2. The molecular weight excluding hydrogens is 490 g/mol. The lowest BCUT2D eigenvalue weighted by atomic mass is 9.90. The number of anilines is 1. The van der Waals surface area contributed by atoms with Gasteiger partial charge in [-0.3, -0.25) is 14.5 Å². The number of nitrogens with zero attached hydrogens (tertiary/aromatic N) is 1. The van der Waals surface area contributed by atoms with Gasteiger partial charge in [-0.2, -0.15) is 0 Å². The second-order valence-corrected chi connectivity index (χ2v) is 9.56. The van der Waals surface area contributed by atoms with Crippen LogP contribution >= 0.6 is 11.6 Å². The zero-order chi connectivity index (χ0) is 26.3. The number of rotatable bonds is 7. The third kappa shape index (κ3) is 6.76. The van der Waals surface area contributed by atoms with Crippen molar-refractivity contribution in [1.29, 1.82) is 0 Å². The molecule has 2 saturated heterocycles. The number of nitrogens with one attached hydrogen (secondary N) is 2. The van der Waals surface area contributed by atoms with Crippen molar-refractivity contribution in [3.8, 4) is 5.75 Å². The number of carbonyl (C=O) groups excluding carboxylic acids is 2. The van der Waals surface area contributed by atoms with Crippen LogP contribution in [0.1, 0.15) is 61.4 Å².